The molecule has 4 rings (SSSR count). The predicted octanol–water partition coefficient (Wildman–Crippen LogP) is 2.86. The van der Waals surface area contributed by atoms with Crippen LogP contribution in [0.2, 0.25) is 0 Å². The number of aliphatic hydroxyl groups excluding tert-OH is 1. The highest BCUT2D eigenvalue weighted by Crippen LogP contribution is 2.34. The maximum absolute atomic E-state index is 8.90. The fraction of sp³-hybridized carbons (Fsp3) is 0.429. The van der Waals surface area contributed by atoms with Gasteiger partial charge in [-0.1, -0.05) is 12.1 Å². The average Bonchev–Trinajstić information content (AvgIpc) is 3.15. The fourth-order valence-electron chi connectivity index (χ4n) is 3.69. The van der Waals surface area contributed by atoms with Crippen molar-refractivity contribution in [3.8, 4) is 17.2 Å². The van der Waals surface area contributed by atoms with Gasteiger partial charge in [0.1, 0.15) is 12.4 Å². The third kappa shape index (κ3) is 4.64. The molecule has 1 saturated heterocycles. The minimum atomic E-state index is 0.0313. The van der Waals surface area contributed by atoms with E-state index in [1.54, 1.807) is 0 Å². The highest BCUT2D eigenvalue weighted by Gasteiger charge is 2.21. The molecule has 6 heteroatoms. The van der Waals surface area contributed by atoms with Crippen LogP contribution in [0, 0.1) is 0 Å². The zero-order chi connectivity index (χ0) is 18.5. The number of rotatable bonds is 7. The Morgan fingerprint density at radius 3 is 3.00 bits per heavy atom. The number of fused-ring (bicyclic) bond motifs is 1. The lowest BCUT2D eigenvalue weighted by Gasteiger charge is -2.33. The molecule has 0 bridgehead atoms. The molecule has 2 aromatic rings. The second kappa shape index (κ2) is 8.50. The van der Waals surface area contributed by atoms with Crippen molar-refractivity contribution in [3.63, 3.8) is 0 Å². The lowest BCUT2D eigenvalue weighted by atomic mass is 10.0. The first kappa shape index (κ1) is 17.9. The summed E-state index contributed by atoms with van der Waals surface area (Å²) in [6.45, 7) is 3.65. The third-order valence-corrected chi connectivity index (χ3v) is 4.91. The van der Waals surface area contributed by atoms with Gasteiger partial charge < -0.3 is 24.6 Å². The van der Waals surface area contributed by atoms with Gasteiger partial charge in [0.15, 0.2) is 11.5 Å². The molecule has 0 radical (unpaired) electrons. The Bertz CT molecular complexity index is 768. The third-order valence-electron chi connectivity index (χ3n) is 4.91. The van der Waals surface area contributed by atoms with E-state index in [9.17, 15) is 0 Å². The van der Waals surface area contributed by atoms with Crippen LogP contribution in [0.3, 0.4) is 0 Å². The van der Waals surface area contributed by atoms with Gasteiger partial charge in [-0.25, -0.2) is 0 Å². The van der Waals surface area contributed by atoms with E-state index in [0.29, 0.717) is 19.4 Å². The van der Waals surface area contributed by atoms with Crippen molar-refractivity contribution >= 4 is 5.69 Å². The topological polar surface area (TPSA) is 63.2 Å². The van der Waals surface area contributed by atoms with Crippen LogP contribution >= 0.6 is 0 Å². The normalized spacial score (nSPS) is 19.1. The van der Waals surface area contributed by atoms with E-state index in [1.807, 2.05) is 24.3 Å². The van der Waals surface area contributed by atoms with Gasteiger partial charge >= 0.3 is 0 Å². The number of nitrogens with zero attached hydrogens (tertiary/aromatic N) is 1. The van der Waals surface area contributed by atoms with Crippen LogP contribution < -0.4 is 19.5 Å². The predicted molar refractivity (Wildman–Crippen MR) is 104 cm³/mol. The Kier molecular flexibility index (Phi) is 5.65. The van der Waals surface area contributed by atoms with Crippen LogP contribution in [-0.4, -0.2) is 49.1 Å². The summed E-state index contributed by atoms with van der Waals surface area (Å²) in [5.74, 6) is 2.44. The van der Waals surface area contributed by atoms with Gasteiger partial charge in [0.25, 0.3) is 0 Å². The van der Waals surface area contributed by atoms with Crippen LogP contribution in [0.25, 0.3) is 0 Å². The summed E-state index contributed by atoms with van der Waals surface area (Å²) >= 11 is 0. The van der Waals surface area contributed by atoms with Crippen molar-refractivity contribution < 1.29 is 19.3 Å². The smallest absolute Gasteiger partial charge is 0.231 e. The molecule has 0 aromatic heterocycles. The van der Waals surface area contributed by atoms with Gasteiger partial charge in [-0.05, 0) is 49.2 Å². The number of hydrogen-bond donors (Lipinski definition) is 2. The maximum atomic E-state index is 8.90. The number of likely N-dealkylation sites (tertiary alicyclic amines) is 1. The molecule has 1 atom stereocenters. The fourth-order valence-corrected chi connectivity index (χ4v) is 3.69. The van der Waals surface area contributed by atoms with Gasteiger partial charge in [-0.2, -0.15) is 0 Å². The highest BCUT2D eigenvalue weighted by atomic mass is 16.7. The Hall–Kier alpha value is -2.44. The Labute approximate surface area is 159 Å². The van der Waals surface area contributed by atoms with Crippen LogP contribution in [0.4, 0.5) is 5.69 Å². The highest BCUT2D eigenvalue weighted by molar-refractivity contribution is 5.56. The lowest BCUT2D eigenvalue weighted by Crippen LogP contribution is -2.41. The van der Waals surface area contributed by atoms with Gasteiger partial charge in [0, 0.05) is 30.9 Å². The molecular formula is C21H26N2O4. The summed E-state index contributed by atoms with van der Waals surface area (Å²) < 4.78 is 16.4. The number of nitrogens with one attached hydrogen (secondary N) is 1. The first-order valence-corrected chi connectivity index (χ1v) is 9.51. The summed E-state index contributed by atoms with van der Waals surface area (Å²) in [5, 5.41) is 12.5. The molecule has 2 heterocycles. The summed E-state index contributed by atoms with van der Waals surface area (Å²) in [5.41, 5.74) is 2.31. The van der Waals surface area contributed by atoms with Crippen LogP contribution in [0.15, 0.2) is 42.5 Å². The molecule has 144 valence electrons. The Balaban J connectivity index is 1.34. The lowest BCUT2D eigenvalue weighted by molar-refractivity contribution is 0.174. The number of anilines is 1. The molecule has 2 aliphatic heterocycles. The van der Waals surface area contributed by atoms with Gasteiger partial charge in [0.2, 0.25) is 6.79 Å². The quantitative estimate of drug-likeness (QED) is 0.781. The monoisotopic (exact) mass is 370 g/mol. The van der Waals surface area contributed by atoms with Gasteiger partial charge in [0.05, 0.1) is 6.61 Å². The zero-order valence-electron chi connectivity index (χ0n) is 15.4. The molecule has 0 saturated carbocycles. The second-order valence-electron chi connectivity index (χ2n) is 7.01. The van der Waals surface area contributed by atoms with Crippen LogP contribution in [0.1, 0.15) is 18.4 Å². The number of aliphatic hydroxyl groups is 1. The van der Waals surface area contributed by atoms with Crippen molar-refractivity contribution in [2.45, 2.75) is 25.4 Å². The minimum absolute atomic E-state index is 0.0313. The van der Waals surface area contributed by atoms with Crippen molar-refractivity contribution in [2.75, 3.05) is 38.4 Å². The van der Waals surface area contributed by atoms with Crippen LogP contribution in [0.5, 0.6) is 17.2 Å². The number of piperidine rings is 1. The van der Waals surface area contributed by atoms with Crippen molar-refractivity contribution in [2.24, 2.45) is 0 Å². The minimum Gasteiger partial charge on any atom is -0.491 e. The maximum Gasteiger partial charge on any atom is 0.231 e. The standard InChI is InChI=1S/C21H26N2O4/c24-9-10-25-19-5-1-3-16(11-19)13-23-8-2-4-18(14-23)22-17-6-7-20-21(12-17)27-15-26-20/h1,3,5-7,11-12,18,22,24H,2,4,8-10,13-15H2. The summed E-state index contributed by atoms with van der Waals surface area (Å²) in [4.78, 5) is 2.47. The van der Waals surface area contributed by atoms with E-state index in [-0.39, 0.29) is 6.61 Å². The van der Waals surface area contributed by atoms with E-state index >= 15 is 0 Å². The molecular weight excluding hydrogens is 344 g/mol. The van der Waals surface area contributed by atoms with Gasteiger partial charge in [-0.15, -0.1) is 0 Å². The van der Waals surface area contributed by atoms with E-state index in [4.69, 9.17) is 19.3 Å². The molecule has 6 nitrogen and oxygen atoms in total. The summed E-state index contributed by atoms with van der Waals surface area (Å²) in [7, 11) is 0. The first-order valence-electron chi connectivity index (χ1n) is 9.51. The molecule has 2 aliphatic rings. The largest absolute Gasteiger partial charge is 0.491 e. The molecule has 27 heavy (non-hydrogen) atoms. The Morgan fingerprint density at radius 1 is 1.15 bits per heavy atom. The molecule has 1 unspecified atom stereocenters. The van der Waals surface area contributed by atoms with E-state index < -0.39 is 0 Å². The zero-order valence-corrected chi connectivity index (χ0v) is 15.4. The Morgan fingerprint density at radius 2 is 2.07 bits per heavy atom. The number of ether oxygens (including phenoxy) is 3. The van der Waals surface area contributed by atoms with Gasteiger partial charge in [-0.3, -0.25) is 4.90 Å². The van der Waals surface area contributed by atoms with E-state index in [1.165, 1.54) is 12.0 Å². The summed E-state index contributed by atoms with van der Waals surface area (Å²) in [6, 6.07) is 14.6. The van der Waals surface area contributed by atoms with Crippen molar-refractivity contribution in [1.29, 1.82) is 0 Å². The molecule has 0 amide bonds. The number of hydrogen-bond acceptors (Lipinski definition) is 6. The summed E-state index contributed by atoms with van der Waals surface area (Å²) in [6.07, 6.45) is 2.33. The molecule has 0 aliphatic carbocycles. The molecule has 0 spiro atoms. The molecule has 2 N–H and O–H groups in total. The van der Waals surface area contributed by atoms with E-state index in [2.05, 4.69) is 28.4 Å². The molecule has 2 aromatic carbocycles. The average molecular weight is 370 g/mol. The van der Waals surface area contributed by atoms with Crippen molar-refractivity contribution in [1.82, 2.24) is 4.90 Å². The van der Waals surface area contributed by atoms with Crippen molar-refractivity contribution in [3.05, 3.63) is 48.0 Å². The second-order valence-corrected chi connectivity index (χ2v) is 7.01. The van der Waals surface area contributed by atoms with E-state index in [0.717, 1.165) is 49.0 Å². The SMILES string of the molecule is OCCOc1cccc(CN2CCCC(Nc3ccc4c(c3)OCO4)C2)c1. The first-order chi connectivity index (χ1) is 13.3. The molecule has 1 fully saturated rings. The van der Waals surface area contributed by atoms with Crippen LogP contribution in [-0.2, 0) is 6.54 Å². The number of benzene rings is 2.